The number of hydrogen-bond acceptors (Lipinski definition) is 10. The summed E-state index contributed by atoms with van der Waals surface area (Å²) in [6.45, 7) is 2.96. The third-order valence-corrected chi connectivity index (χ3v) is 5.79. The number of amides is 1. The van der Waals surface area contributed by atoms with Gasteiger partial charge in [0, 0.05) is 33.3 Å². The summed E-state index contributed by atoms with van der Waals surface area (Å²) < 4.78 is 16.1. The molecular weight excluding hydrogens is 426 g/mol. The standard InChI is InChI=1S/C22H25N7O4/c1-23-14-12-17(25-16-4-3-5-18(26-16)29-8-10-32-11-9-29)27-20-19(14)28-33-21(20)22(30)24-13-6-7-15(13)31-2/h3-5,12,15,23H,6-11H2,1-2H3,(H,25,26,27)/t15-/m1/s1. The van der Waals surface area contributed by atoms with E-state index in [1.165, 1.54) is 0 Å². The van der Waals surface area contributed by atoms with Crippen molar-refractivity contribution in [2.45, 2.75) is 18.9 Å². The topological polar surface area (TPSA) is 127 Å². The van der Waals surface area contributed by atoms with E-state index in [1.807, 2.05) is 18.2 Å². The van der Waals surface area contributed by atoms with E-state index < -0.39 is 5.91 Å². The molecule has 1 saturated carbocycles. The number of carbonyl (C=O) groups excluding carboxylic acids is 1. The minimum Gasteiger partial charge on any atom is -0.386 e. The summed E-state index contributed by atoms with van der Waals surface area (Å²) in [4.78, 5) is 28.4. The predicted molar refractivity (Wildman–Crippen MR) is 124 cm³/mol. The number of ether oxygens (including phenoxy) is 2. The lowest BCUT2D eigenvalue weighted by Gasteiger charge is -2.28. The fourth-order valence-electron chi connectivity index (χ4n) is 3.87. The maximum absolute atomic E-state index is 12.8. The molecule has 1 atom stereocenters. The Labute approximate surface area is 190 Å². The van der Waals surface area contributed by atoms with Gasteiger partial charge in [0.15, 0.2) is 5.52 Å². The number of rotatable bonds is 6. The summed E-state index contributed by atoms with van der Waals surface area (Å²) in [5.74, 6) is 1.47. The van der Waals surface area contributed by atoms with Gasteiger partial charge >= 0.3 is 5.91 Å². The lowest BCUT2D eigenvalue weighted by atomic mass is 9.93. The minimum absolute atomic E-state index is 0.00516. The van der Waals surface area contributed by atoms with Gasteiger partial charge in [0.1, 0.15) is 23.0 Å². The highest BCUT2D eigenvalue weighted by Crippen LogP contribution is 2.29. The van der Waals surface area contributed by atoms with Gasteiger partial charge in [-0.3, -0.25) is 4.79 Å². The van der Waals surface area contributed by atoms with Gasteiger partial charge in [-0.15, -0.1) is 0 Å². The van der Waals surface area contributed by atoms with Crippen LogP contribution in [0.2, 0.25) is 0 Å². The molecule has 2 N–H and O–H groups in total. The van der Waals surface area contributed by atoms with Crippen molar-refractivity contribution in [3.05, 3.63) is 30.0 Å². The van der Waals surface area contributed by atoms with Gasteiger partial charge in [0.2, 0.25) is 0 Å². The van der Waals surface area contributed by atoms with Gasteiger partial charge in [0.25, 0.3) is 5.76 Å². The van der Waals surface area contributed by atoms with Crippen molar-refractivity contribution in [3.63, 3.8) is 0 Å². The van der Waals surface area contributed by atoms with Crippen LogP contribution in [0.15, 0.2) is 33.8 Å². The summed E-state index contributed by atoms with van der Waals surface area (Å²) in [7, 11) is 3.37. The molecule has 172 valence electrons. The van der Waals surface area contributed by atoms with Crippen LogP contribution in [0.25, 0.3) is 11.0 Å². The lowest BCUT2D eigenvalue weighted by Crippen LogP contribution is -2.36. The number of hydrogen-bond donors (Lipinski definition) is 2. The van der Waals surface area contributed by atoms with Crippen molar-refractivity contribution >= 4 is 45.8 Å². The average molecular weight is 451 g/mol. The minimum atomic E-state index is -0.520. The van der Waals surface area contributed by atoms with Crippen LogP contribution in [0.1, 0.15) is 23.4 Å². The fourth-order valence-corrected chi connectivity index (χ4v) is 3.87. The van der Waals surface area contributed by atoms with Gasteiger partial charge in [-0.1, -0.05) is 11.2 Å². The monoisotopic (exact) mass is 451 g/mol. The van der Waals surface area contributed by atoms with E-state index in [0.29, 0.717) is 47.3 Å². The number of pyridine rings is 2. The maximum Gasteiger partial charge on any atom is 0.317 e. The normalized spacial score (nSPS) is 19.5. The molecule has 3 aromatic heterocycles. The molecule has 2 fully saturated rings. The third kappa shape index (κ3) is 4.24. The summed E-state index contributed by atoms with van der Waals surface area (Å²) in [5.41, 5.74) is 2.16. The zero-order chi connectivity index (χ0) is 22.8. The molecule has 0 radical (unpaired) electrons. The Kier molecular flexibility index (Phi) is 5.88. The van der Waals surface area contributed by atoms with Crippen LogP contribution in [0.5, 0.6) is 0 Å². The quantitative estimate of drug-likeness (QED) is 0.577. The van der Waals surface area contributed by atoms with Crippen LogP contribution in [-0.4, -0.2) is 73.3 Å². The van der Waals surface area contributed by atoms with Gasteiger partial charge in [0.05, 0.1) is 30.7 Å². The SMILES string of the molecule is CNc1cc(Nc2cccc(N3CCOCC3)n2)nc2c(C(=O)N=C3CC[C@H]3OC)onc12. The molecule has 3 aromatic rings. The van der Waals surface area contributed by atoms with E-state index in [9.17, 15) is 4.79 Å². The van der Waals surface area contributed by atoms with Crippen molar-refractivity contribution in [2.75, 3.05) is 56.0 Å². The van der Waals surface area contributed by atoms with Crippen LogP contribution in [0, 0.1) is 0 Å². The second-order valence-electron chi connectivity index (χ2n) is 7.79. The smallest absolute Gasteiger partial charge is 0.317 e. The van der Waals surface area contributed by atoms with Gasteiger partial charge in [-0.25, -0.2) is 15.0 Å². The Morgan fingerprint density at radius 1 is 1.21 bits per heavy atom. The Morgan fingerprint density at radius 2 is 2.06 bits per heavy atom. The highest BCUT2D eigenvalue weighted by atomic mass is 16.5. The molecule has 33 heavy (non-hydrogen) atoms. The number of nitrogens with one attached hydrogen (secondary N) is 2. The molecule has 11 nitrogen and oxygen atoms in total. The summed E-state index contributed by atoms with van der Waals surface area (Å²) >= 11 is 0. The van der Waals surface area contributed by atoms with Crippen LogP contribution in [-0.2, 0) is 9.47 Å². The Bertz CT molecular complexity index is 1200. The molecule has 11 heteroatoms. The zero-order valence-electron chi connectivity index (χ0n) is 18.5. The van der Waals surface area contributed by atoms with Gasteiger partial charge in [-0.2, -0.15) is 0 Å². The number of aliphatic imine (C=N–C) groups is 1. The fraction of sp³-hybridized carbons (Fsp3) is 0.409. The number of fused-ring (bicyclic) bond motifs is 1. The number of methoxy groups -OCH3 is 1. The summed E-state index contributed by atoms with van der Waals surface area (Å²) in [5, 5.41) is 10.3. The maximum atomic E-state index is 12.8. The molecule has 1 amide bonds. The first-order valence-corrected chi connectivity index (χ1v) is 10.9. The molecular formula is C22H25N7O4. The van der Waals surface area contributed by atoms with Crippen molar-refractivity contribution < 1.29 is 18.8 Å². The van der Waals surface area contributed by atoms with E-state index in [-0.39, 0.29) is 11.9 Å². The predicted octanol–water partition coefficient (Wildman–Crippen LogP) is 2.63. The first-order valence-electron chi connectivity index (χ1n) is 10.9. The van der Waals surface area contributed by atoms with E-state index in [4.69, 9.17) is 19.0 Å². The Morgan fingerprint density at radius 3 is 2.79 bits per heavy atom. The number of morpholine rings is 1. The number of aromatic nitrogens is 3. The number of nitrogens with zero attached hydrogens (tertiary/aromatic N) is 5. The van der Waals surface area contributed by atoms with Crippen molar-refractivity contribution in [1.29, 1.82) is 0 Å². The van der Waals surface area contributed by atoms with E-state index >= 15 is 0 Å². The second kappa shape index (κ2) is 9.12. The number of carbonyl (C=O) groups is 1. The highest BCUT2D eigenvalue weighted by molar-refractivity contribution is 6.11. The van der Waals surface area contributed by atoms with Crippen molar-refractivity contribution in [3.8, 4) is 0 Å². The molecule has 5 rings (SSSR count). The summed E-state index contributed by atoms with van der Waals surface area (Å²) in [6.07, 6.45) is 1.46. The van der Waals surface area contributed by atoms with Crippen LogP contribution < -0.4 is 15.5 Å². The van der Waals surface area contributed by atoms with Gasteiger partial charge in [-0.05, 0) is 25.0 Å². The molecule has 2 aliphatic rings. The van der Waals surface area contributed by atoms with Gasteiger partial charge < -0.3 is 29.5 Å². The largest absolute Gasteiger partial charge is 0.386 e. The molecule has 1 saturated heterocycles. The molecule has 4 heterocycles. The first-order chi connectivity index (χ1) is 16.2. The van der Waals surface area contributed by atoms with Crippen LogP contribution in [0.3, 0.4) is 0 Å². The second-order valence-corrected chi connectivity index (χ2v) is 7.79. The van der Waals surface area contributed by atoms with E-state index in [0.717, 1.165) is 31.7 Å². The summed E-state index contributed by atoms with van der Waals surface area (Å²) in [6, 6.07) is 7.56. The van der Waals surface area contributed by atoms with Crippen molar-refractivity contribution in [2.24, 2.45) is 4.99 Å². The van der Waals surface area contributed by atoms with Crippen LogP contribution >= 0.6 is 0 Å². The first kappa shape index (κ1) is 21.3. The molecule has 0 spiro atoms. The number of anilines is 4. The molecule has 0 unspecified atom stereocenters. The molecule has 1 aliphatic carbocycles. The lowest BCUT2D eigenvalue weighted by molar-refractivity contribution is 0.0955. The average Bonchev–Trinajstić information content (AvgIpc) is 3.26. The van der Waals surface area contributed by atoms with E-state index in [2.05, 4.69) is 30.7 Å². The van der Waals surface area contributed by atoms with Crippen LogP contribution in [0.4, 0.5) is 23.1 Å². The molecule has 0 bridgehead atoms. The highest BCUT2D eigenvalue weighted by Gasteiger charge is 2.29. The Hall–Kier alpha value is -3.57. The van der Waals surface area contributed by atoms with Crippen molar-refractivity contribution in [1.82, 2.24) is 15.1 Å². The molecule has 0 aromatic carbocycles. The Balaban J connectivity index is 1.44. The zero-order valence-corrected chi connectivity index (χ0v) is 18.5. The third-order valence-electron chi connectivity index (χ3n) is 5.79. The van der Waals surface area contributed by atoms with E-state index in [1.54, 1.807) is 20.2 Å². The molecule has 1 aliphatic heterocycles.